The third-order valence-electron chi connectivity index (χ3n) is 2.71. The van der Waals surface area contributed by atoms with Gasteiger partial charge in [0, 0.05) is 17.9 Å². The van der Waals surface area contributed by atoms with Crippen LogP contribution in [-0.2, 0) is 4.79 Å². The van der Waals surface area contributed by atoms with Crippen molar-refractivity contribution in [2.75, 3.05) is 17.3 Å². The zero-order valence-electron chi connectivity index (χ0n) is 10.9. The lowest BCUT2D eigenvalue weighted by Crippen LogP contribution is -2.11. The summed E-state index contributed by atoms with van der Waals surface area (Å²) in [4.78, 5) is 18.9. The molecular formula is C13H17N3O2S. The third-order valence-corrected chi connectivity index (χ3v) is 3.33. The second-order valence-corrected chi connectivity index (χ2v) is 5.31. The molecule has 6 heteroatoms. The first-order valence-electron chi connectivity index (χ1n) is 6.06. The van der Waals surface area contributed by atoms with Crippen molar-refractivity contribution in [1.82, 2.24) is 9.97 Å². The lowest BCUT2D eigenvalue weighted by Gasteiger charge is -2.04. The molecule has 3 N–H and O–H groups in total. The van der Waals surface area contributed by atoms with E-state index in [2.05, 4.69) is 15.3 Å². The molecule has 2 rings (SSSR count). The van der Waals surface area contributed by atoms with E-state index in [9.17, 15) is 9.90 Å². The van der Waals surface area contributed by atoms with Crippen molar-refractivity contribution in [2.45, 2.75) is 19.4 Å². The van der Waals surface area contributed by atoms with E-state index < -0.39 is 6.10 Å². The van der Waals surface area contributed by atoms with Gasteiger partial charge in [-0.3, -0.25) is 4.79 Å². The number of rotatable bonds is 5. The number of benzene rings is 1. The summed E-state index contributed by atoms with van der Waals surface area (Å²) in [6, 6.07) is 5.46. The van der Waals surface area contributed by atoms with Crippen LogP contribution in [-0.4, -0.2) is 33.0 Å². The number of aliphatic hydroxyl groups excluding tert-OH is 1. The van der Waals surface area contributed by atoms with E-state index >= 15 is 0 Å². The fraction of sp³-hybridized carbons (Fsp3) is 0.385. The van der Waals surface area contributed by atoms with Gasteiger partial charge in [0.15, 0.2) is 0 Å². The van der Waals surface area contributed by atoms with E-state index in [4.69, 9.17) is 0 Å². The number of aliphatic hydroxyl groups is 1. The number of fused-ring (bicyclic) bond motifs is 1. The molecule has 0 aliphatic rings. The molecule has 1 unspecified atom stereocenters. The van der Waals surface area contributed by atoms with Gasteiger partial charge in [-0.1, -0.05) is 0 Å². The van der Waals surface area contributed by atoms with Crippen molar-refractivity contribution in [3.05, 3.63) is 24.0 Å². The first kappa shape index (κ1) is 13.9. The van der Waals surface area contributed by atoms with Gasteiger partial charge in [0.25, 0.3) is 0 Å². The van der Waals surface area contributed by atoms with E-state index in [0.717, 1.165) is 22.5 Å². The molecule has 1 atom stereocenters. The molecule has 102 valence electrons. The Bertz CT molecular complexity index is 580. The van der Waals surface area contributed by atoms with Crippen molar-refractivity contribution in [1.29, 1.82) is 0 Å². The molecule has 0 fully saturated rings. The Labute approximate surface area is 115 Å². The number of carbonyl (C=O) groups is 1. The summed E-state index contributed by atoms with van der Waals surface area (Å²) in [5.41, 5.74) is 2.32. The molecule has 0 saturated carbocycles. The van der Waals surface area contributed by atoms with E-state index in [-0.39, 0.29) is 5.91 Å². The smallest absolute Gasteiger partial charge is 0.225 e. The van der Waals surface area contributed by atoms with Gasteiger partial charge in [0.05, 0.1) is 11.0 Å². The second kappa shape index (κ2) is 6.08. The molecule has 0 saturated heterocycles. The van der Waals surface area contributed by atoms with E-state index in [1.165, 1.54) is 0 Å². The predicted molar refractivity (Wildman–Crippen MR) is 78.4 cm³/mol. The quantitative estimate of drug-likeness (QED) is 0.785. The van der Waals surface area contributed by atoms with Crippen LogP contribution in [0.1, 0.15) is 25.3 Å². The third kappa shape index (κ3) is 3.48. The number of hydrogen-bond donors (Lipinski definition) is 3. The summed E-state index contributed by atoms with van der Waals surface area (Å²) in [5.74, 6) is 1.34. The molecule has 1 aromatic carbocycles. The van der Waals surface area contributed by atoms with Crippen LogP contribution in [0.15, 0.2) is 18.2 Å². The number of H-pyrrole nitrogens is 1. The molecule has 0 aliphatic heterocycles. The highest BCUT2D eigenvalue weighted by atomic mass is 32.2. The monoisotopic (exact) mass is 279 g/mol. The molecule has 1 heterocycles. The average Bonchev–Trinajstić information content (AvgIpc) is 2.79. The minimum Gasteiger partial charge on any atom is -0.385 e. The standard InChI is InChI=1S/C13H17N3O2S/c1-8(17)13-15-10-4-3-9(7-11(10)16-13)14-12(18)5-6-19-2/h3-4,7-8,17H,5-6H2,1-2H3,(H,14,18)(H,15,16). The van der Waals surface area contributed by atoms with E-state index in [1.54, 1.807) is 18.7 Å². The molecule has 5 nitrogen and oxygen atoms in total. The van der Waals surface area contributed by atoms with Gasteiger partial charge in [-0.2, -0.15) is 11.8 Å². The Hall–Kier alpha value is -1.53. The van der Waals surface area contributed by atoms with Crippen LogP contribution >= 0.6 is 11.8 Å². The minimum absolute atomic E-state index is 0.00367. The van der Waals surface area contributed by atoms with Crippen LogP contribution in [0.4, 0.5) is 5.69 Å². The Kier molecular flexibility index (Phi) is 4.44. The molecule has 0 radical (unpaired) electrons. The van der Waals surface area contributed by atoms with Crippen molar-refractivity contribution < 1.29 is 9.90 Å². The summed E-state index contributed by atoms with van der Waals surface area (Å²) in [7, 11) is 0. The van der Waals surface area contributed by atoms with Crippen LogP contribution in [0.2, 0.25) is 0 Å². The number of hydrogen-bond acceptors (Lipinski definition) is 4. The number of carbonyl (C=O) groups excluding carboxylic acids is 1. The number of amides is 1. The number of aromatic amines is 1. The maximum atomic E-state index is 11.6. The zero-order valence-corrected chi connectivity index (χ0v) is 11.8. The van der Waals surface area contributed by atoms with Crippen LogP contribution < -0.4 is 5.32 Å². The van der Waals surface area contributed by atoms with Gasteiger partial charge in [-0.15, -0.1) is 0 Å². The fourth-order valence-corrected chi connectivity index (χ4v) is 2.11. The molecule has 0 spiro atoms. The first-order chi connectivity index (χ1) is 9.10. The van der Waals surface area contributed by atoms with Gasteiger partial charge >= 0.3 is 0 Å². The van der Waals surface area contributed by atoms with Crippen LogP contribution in [0, 0.1) is 0 Å². The van der Waals surface area contributed by atoms with Crippen LogP contribution in [0.25, 0.3) is 11.0 Å². The summed E-state index contributed by atoms with van der Waals surface area (Å²) in [5, 5.41) is 12.3. The molecule has 2 aromatic rings. The molecule has 0 aliphatic carbocycles. The van der Waals surface area contributed by atoms with Crippen molar-refractivity contribution >= 4 is 34.4 Å². The number of imidazole rings is 1. The SMILES string of the molecule is CSCCC(=O)Nc1ccc2nc(C(C)O)[nH]c2c1. The summed E-state index contributed by atoms with van der Waals surface area (Å²) < 4.78 is 0. The molecule has 1 aromatic heterocycles. The normalized spacial score (nSPS) is 12.6. The summed E-state index contributed by atoms with van der Waals surface area (Å²) in [6.07, 6.45) is 1.84. The molecule has 0 bridgehead atoms. The maximum Gasteiger partial charge on any atom is 0.225 e. The van der Waals surface area contributed by atoms with E-state index in [0.29, 0.717) is 12.2 Å². The fourth-order valence-electron chi connectivity index (χ4n) is 1.72. The topological polar surface area (TPSA) is 78.0 Å². The first-order valence-corrected chi connectivity index (χ1v) is 7.46. The predicted octanol–water partition coefficient (Wildman–Crippen LogP) is 2.31. The van der Waals surface area contributed by atoms with Crippen LogP contribution in [0.5, 0.6) is 0 Å². The van der Waals surface area contributed by atoms with Gasteiger partial charge in [0.2, 0.25) is 5.91 Å². The second-order valence-electron chi connectivity index (χ2n) is 4.32. The van der Waals surface area contributed by atoms with Crippen molar-refractivity contribution in [2.24, 2.45) is 0 Å². The van der Waals surface area contributed by atoms with Crippen LogP contribution in [0.3, 0.4) is 0 Å². The highest BCUT2D eigenvalue weighted by Crippen LogP contribution is 2.20. The Morgan fingerprint density at radius 3 is 3.05 bits per heavy atom. The summed E-state index contributed by atoms with van der Waals surface area (Å²) >= 11 is 1.64. The molecule has 19 heavy (non-hydrogen) atoms. The van der Waals surface area contributed by atoms with Gasteiger partial charge < -0.3 is 15.4 Å². The number of nitrogens with one attached hydrogen (secondary N) is 2. The highest BCUT2D eigenvalue weighted by molar-refractivity contribution is 7.98. The van der Waals surface area contributed by atoms with Crippen molar-refractivity contribution in [3.8, 4) is 0 Å². The maximum absolute atomic E-state index is 11.6. The number of aromatic nitrogens is 2. The lowest BCUT2D eigenvalue weighted by molar-refractivity contribution is -0.115. The summed E-state index contributed by atoms with van der Waals surface area (Å²) in [6.45, 7) is 1.66. The molecular weight excluding hydrogens is 262 g/mol. The van der Waals surface area contributed by atoms with E-state index in [1.807, 2.05) is 24.5 Å². The Morgan fingerprint density at radius 1 is 1.58 bits per heavy atom. The number of nitrogens with zero attached hydrogens (tertiary/aromatic N) is 1. The number of anilines is 1. The molecule has 1 amide bonds. The Balaban J connectivity index is 2.14. The zero-order chi connectivity index (χ0) is 13.8. The van der Waals surface area contributed by atoms with Gasteiger partial charge in [-0.25, -0.2) is 4.98 Å². The highest BCUT2D eigenvalue weighted by Gasteiger charge is 2.08. The largest absolute Gasteiger partial charge is 0.385 e. The lowest BCUT2D eigenvalue weighted by atomic mass is 10.2. The van der Waals surface area contributed by atoms with Gasteiger partial charge in [0.1, 0.15) is 11.9 Å². The minimum atomic E-state index is -0.632. The van der Waals surface area contributed by atoms with Crippen molar-refractivity contribution in [3.63, 3.8) is 0 Å². The van der Waals surface area contributed by atoms with Gasteiger partial charge in [-0.05, 0) is 31.4 Å². The number of thioether (sulfide) groups is 1. The Morgan fingerprint density at radius 2 is 2.37 bits per heavy atom. The average molecular weight is 279 g/mol.